The van der Waals surface area contributed by atoms with Crippen LogP contribution in [0.1, 0.15) is 16.5 Å². The third-order valence-electron chi connectivity index (χ3n) is 4.06. The molecule has 120 valence electrons. The van der Waals surface area contributed by atoms with E-state index in [2.05, 4.69) is 39.8 Å². The molecule has 2 amide bonds. The lowest BCUT2D eigenvalue weighted by Crippen LogP contribution is -2.43. The van der Waals surface area contributed by atoms with Crippen LogP contribution in [0.2, 0.25) is 0 Å². The van der Waals surface area contributed by atoms with E-state index in [1.165, 1.54) is 23.2 Å². The number of benzene rings is 1. The molecule has 1 aliphatic rings. The van der Waals surface area contributed by atoms with Crippen LogP contribution in [-0.4, -0.2) is 32.0 Å². The van der Waals surface area contributed by atoms with Gasteiger partial charge in [-0.3, -0.25) is 9.59 Å². The van der Waals surface area contributed by atoms with Gasteiger partial charge < -0.3 is 15.5 Å². The third kappa shape index (κ3) is 3.22. The van der Waals surface area contributed by atoms with E-state index in [0.717, 1.165) is 13.0 Å². The summed E-state index contributed by atoms with van der Waals surface area (Å²) >= 11 is 1.66. The summed E-state index contributed by atoms with van der Waals surface area (Å²) in [5.74, 6) is -1.21. The van der Waals surface area contributed by atoms with Gasteiger partial charge in [-0.1, -0.05) is 24.3 Å². The Morgan fingerprint density at radius 3 is 2.78 bits per heavy atom. The average Bonchev–Trinajstić information content (AvgIpc) is 3.24. The van der Waals surface area contributed by atoms with E-state index in [1.807, 2.05) is 17.5 Å². The van der Waals surface area contributed by atoms with Crippen LogP contribution in [0.5, 0.6) is 0 Å². The van der Waals surface area contributed by atoms with Crippen LogP contribution >= 0.6 is 11.3 Å². The van der Waals surface area contributed by atoms with Gasteiger partial charge >= 0.3 is 11.8 Å². The minimum atomic E-state index is -0.614. The molecule has 23 heavy (non-hydrogen) atoms. The van der Waals surface area contributed by atoms with Crippen LogP contribution in [0.4, 0.5) is 5.69 Å². The van der Waals surface area contributed by atoms with Crippen molar-refractivity contribution in [1.82, 2.24) is 10.6 Å². The first-order valence-electron chi connectivity index (χ1n) is 7.58. The monoisotopic (exact) mass is 329 g/mol. The highest BCUT2D eigenvalue weighted by atomic mass is 32.1. The molecule has 2 heterocycles. The van der Waals surface area contributed by atoms with Crippen LogP contribution < -0.4 is 15.5 Å². The maximum absolute atomic E-state index is 11.8. The van der Waals surface area contributed by atoms with Gasteiger partial charge in [-0.2, -0.15) is 0 Å². The number of carbonyl (C=O) groups excluding carboxylic acids is 2. The Bertz CT molecular complexity index is 700. The van der Waals surface area contributed by atoms with Crippen LogP contribution in [0.3, 0.4) is 0 Å². The Hall–Kier alpha value is -2.34. The zero-order valence-corrected chi connectivity index (χ0v) is 13.7. The lowest BCUT2D eigenvalue weighted by atomic mass is 10.1. The topological polar surface area (TPSA) is 61.4 Å². The molecule has 2 aromatic rings. The molecule has 0 fully saturated rings. The van der Waals surface area contributed by atoms with E-state index in [4.69, 9.17) is 0 Å². The molecule has 1 aromatic heterocycles. The maximum Gasteiger partial charge on any atom is 0.309 e. The predicted molar refractivity (Wildman–Crippen MR) is 91.6 cm³/mol. The number of nitrogens with zero attached hydrogens (tertiary/aromatic N) is 1. The lowest BCUT2D eigenvalue weighted by Gasteiger charge is -2.30. The molecule has 0 saturated heterocycles. The number of carbonyl (C=O) groups is 2. The summed E-state index contributed by atoms with van der Waals surface area (Å²) in [4.78, 5) is 26.7. The molecule has 0 saturated carbocycles. The number of hydrogen-bond donors (Lipinski definition) is 2. The molecule has 1 atom stereocenters. The summed E-state index contributed by atoms with van der Waals surface area (Å²) in [5.41, 5.74) is 2.53. The number of nitrogens with one attached hydrogen (secondary N) is 2. The van der Waals surface area contributed by atoms with Crippen molar-refractivity contribution in [3.05, 3.63) is 52.2 Å². The van der Waals surface area contributed by atoms with Gasteiger partial charge in [0, 0.05) is 30.7 Å². The highest BCUT2D eigenvalue weighted by Gasteiger charge is 2.28. The molecule has 6 heteroatoms. The molecular weight excluding hydrogens is 310 g/mol. The maximum atomic E-state index is 11.8. The van der Waals surface area contributed by atoms with Gasteiger partial charge in [-0.25, -0.2) is 0 Å². The smallest absolute Gasteiger partial charge is 0.309 e. The summed E-state index contributed by atoms with van der Waals surface area (Å²) in [6, 6.07) is 12.5. The van der Waals surface area contributed by atoms with E-state index in [0.29, 0.717) is 6.54 Å². The first kappa shape index (κ1) is 15.6. The number of anilines is 1. The number of fused-ring (bicyclic) bond motifs is 1. The molecule has 0 unspecified atom stereocenters. The molecule has 1 aromatic carbocycles. The van der Waals surface area contributed by atoms with Gasteiger partial charge in [0.1, 0.15) is 0 Å². The summed E-state index contributed by atoms with van der Waals surface area (Å²) in [6.45, 7) is 1.32. The highest BCUT2D eigenvalue weighted by molar-refractivity contribution is 7.10. The summed E-state index contributed by atoms with van der Waals surface area (Å²) in [6.07, 6.45) is 1.00. The standard InChI is InChI=1S/C17H19N3O2S/c1-18-16(21)17(22)19-11-14(15-7-4-10-23-15)20-9-8-12-5-2-3-6-13(12)20/h2-7,10,14H,8-9,11H2,1H3,(H,18,21)(H,19,22)/t14-/m1/s1. The van der Waals surface area contributed by atoms with E-state index in [1.54, 1.807) is 11.3 Å². The quantitative estimate of drug-likeness (QED) is 0.840. The fourth-order valence-corrected chi connectivity index (χ4v) is 3.76. The minimum absolute atomic E-state index is 0.0345. The molecule has 0 radical (unpaired) electrons. The summed E-state index contributed by atoms with van der Waals surface area (Å²) in [5, 5.41) is 7.12. The second kappa shape index (κ2) is 6.83. The Kier molecular flexibility index (Phi) is 4.62. The molecule has 0 aliphatic carbocycles. The Morgan fingerprint density at radius 1 is 1.22 bits per heavy atom. The van der Waals surface area contributed by atoms with Crippen LogP contribution in [0.15, 0.2) is 41.8 Å². The largest absolute Gasteiger partial charge is 0.361 e. The molecule has 2 N–H and O–H groups in total. The van der Waals surface area contributed by atoms with Gasteiger partial charge in [-0.15, -0.1) is 11.3 Å². The fraction of sp³-hybridized carbons (Fsp3) is 0.294. The number of likely N-dealkylation sites (N-methyl/N-ethyl adjacent to an activating group) is 1. The number of para-hydroxylation sites is 1. The zero-order valence-electron chi connectivity index (χ0n) is 12.9. The van der Waals surface area contributed by atoms with Crippen molar-refractivity contribution in [2.75, 3.05) is 25.0 Å². The average molecular weight is 329 g/mol. The Balaban J connectivity index is 1.81. The van der Waals surface area contributed by atoms with E-state index in [-0.39, 0.29) is 6.04 Å². The fourth-order valence-electron chi connectivity index (χ4n) is 2.92. The molecule has 5 nitrogen and oxygen atoms in total. The van der Waals surface area contributed by atoms with Crippen LogP contribution in [0, 0.1) is 0 Å². The summed E-state index contributed by atoms with van der Waals surface area (Å²) < 4.78 is 0. The van der Waals surface area contributed by atoms with E-state index >= 15 is 0 Å². The number of amides is 2. The summed E-state index contributed by atoms with van der Waals surface area (Å²) in [7, 11) is 1.45. The van der Waals surface area contributed by atoms with Crippen molar-refractivity contribution in [2.45, 2.75) is 12.5 Å². The van der Waals surface area contributed by atoms with Crippen molar-refractivity contribution in [2.24, 2.45) is 0 Å². The van der Waals surface area contributed by atoms with Gasteiger partial charge in [0.15, 0.2) is 0 Å². The van der Waals surface area contributed by atoms with Crippen molar-refractivity contribution in [3.8, 4) is 0 Å². The SMILES string of the molecule is CNC(=O)C(=O)NC[C@H](c1cccs1)N1CCc2ccccc21. The normalized spacial score (nSPS) is 14.2. The van der Waals surface area contributed by atoms with Crippen LogP contribution in [0.25, 0.3) is 0 Å². The molecule has 0 bridgehead atoms. The van der Waals surface area contributed by atoms with Crippen LogP contribution in [-0.2, 0) is 16.0 Å². The number of thiophene rings is 1. The third-order valence-corrected chi connectivity index (χ3v) is 5.03. The Labute approximate surface area is 139 Å². The van der Waals surface area contributed by atoms with Gasteiger partial charge in [0.05, 0.1) is 6.04 Å². The molecule has 3 rings (SSSR count). The van der Waals surface area contributed by atoms with Crippen molar-refractivity contribution in [1.29, 1.82) is 0 Å². The molecular formula is C17H19N3O2S. The first-order valence-corrected chi connectivity index (χ1v) is 8.46. The van der Waals surface area contributed by atoms with Crippen molar-refractivity contribution < 1.29 is 9.59 Å². The Morgan fingerprint density at radius 2 is 2.04 bits per heavy atom. The zero-order chi connectivity index (χ0) is 16.2. The second-order valence-electron chi connectivity index (χ2n) is 5.39. The molecule has 0 spiro atoms. The van der Waals surface area contributed by atoms with Crippen molar-refractivity contribution >= 4 is 28.8 Å². The number of rotatable bonds is 4. The van der Waals surface area contributed by atoms with E-state index < -0.39 is 11.8 Å². The number of hydrogen-bond acceptors (Lipinski definition) is 4. The van der Waals surface area contributed by atoms with Crippen molar-refractivity contribution in [3.63, 3.8) is 0 Å². The highest BCUT2D eigenvalue weighted by Crippen LogP contribution is 2.36. The first-order chi connectivity index (χ1) is 11.2. The molecule has 1 aliphatic heterocycles. The van der Waals surface area contributed by atoms with E-state index in [9.17, 15) is 9.59 Å². The van der Waals surface area contributed by atoms with Gasteiger partial charge in [0.25, 0.3) is 0 Å². The van der Waals surface area contributed by atoms with Gasteiger partial charge in [-0.05, 0) is 29.5 Å². The lowest BCUT2D eigenvalue weighted by molar-refractivity contribution is -0.138. The van der Waals surface area contributed by atoms with Gasteiger partial charge in [0.2, 0.25) is 0 Å². The minimum Gasteiger partial charge on any atom is -0.361 e. The second-order valence-corrected chi connectivity index (χ2v) is 6.37. The predicted octanol–water partition coefficient (Wildman–Crippen LogP) is 1.71.